The fraction of sp³-hybridized carbons (Fsp3) is 0.526. The number of nitrogens with zero attached hydrogens (tertiary/aromatic N) is 5. The van der Waals surface area contributed by atoms with E-state index in [0.717, 1.165) is 49.9 Å². The Morgan fingerprint density at radius 1 is 1.27 bits per heavy atom. The van der Waals surface area contributed by atoms with E-state index in [-0.39, 0.29) is 11.7 Å². The van der Waals surface area contributed by atoms with Crippen molar-refractivity contribution >= 4 is 11.6 Å². The van der Waals surface area contributed by atoms with Gasteiger partial charge in [-0.2, -0.15) is 0 Å². The first kappa shape index (κ1) is 17.2. The average molecular weight is 355 g/mol. The minimum absolute atomic E-state index is 0.115. The van der Waals surface area contributed by atoms with Gasteiger partial charge in [0, 0.05) is 39.4 Å². The van der Waals surface area contributed by atoms with Crippen LogP contribution in [0.25, 0.3) is 0 Å². The van der Waals surface area contributed by atoms with Gasteiger partial charge in [0.1, 0.15) is 23.6 Å². The molecule has 26 heavy (non-hydrogen) atoms. The van der Waals surface area contributed by atoms with Crippen molar-refractivity contribution in [1.29, 1.82) is 0 Å². The summed E-state index contributed by atoms with van der Waals surface area (Å²) < 4.78 is 12.2. The van der Waals surface area contributed by atoms with Crippen LogP contribution in [0, 0.1) is 0 Å². The Bertz CT molecular complexity index is 734. The van der Waals surface area contributed by atoms with Crippen molar-refractivity contribution in [1.82, 2.24) is 15.0 Å². The molecule has 4 heterocycles. The summed E-state index contributed by atoms with van der Waals surface area (Å²) in [6.45, 7) is 3.00. The number of pyridine rings is 1. The molecule has 2 aliphatic rings. The van der Waals surface area contributed by atoms with Crippen LogP contribution < -0.4 is 9.80 Å². The van der Waals surface area contributed by atoms with E-state index in [9.17, 15) is 0 Å². The van der Waals surface area contributed by atoms with E-state index in [0.29, 0.717) is 6.61 Å². The maximum atomic E-state index is 6.12. The molecule has 2 aromatic heterocycles. The van der Waals surface area contributed by atoms with Gasteiger partial charge in [0.2, 0.25) is 0 Å². The third kappa shape index (κ3) is 3.64. The molecule has 2 aromatic rings. The molecule has 0 aromatic carbocycles. The van der Waals surface area contributed by atoms with E-state index in [1.165, 1.54) is 0 Å². The molecular weight excluding hydrogens is 330 g/mol. The molecule has 0 saturated carbocycles. The van der Waals surface area contributed by atoms with E-state index < -0.39 is 0 Å². The number of rotatable bonds is 5. The molecule has 0 radical (unpaired) electrons. The largest absolute Gasteiger partial charge is 0.372 e. The maximum Gasteiger partial charge on any atom is 0.134 e. The van der Waals surface area contributed by atoms with Crippen molar-refractivity contribution in [2.75, 3.05) is 43.6 Å². The zero-order valence-corrected chi connectivity index (χ0v) is 15.3. The van der Waals surface area contributed by atoms with Crippen molar-refractivity contribution in [3.8, 4) is 0 Å². The summed E-state index contributed by atoms with van der Waals surface area (Å²) in [5.74, 6) is 1.87. The smallest absolute Gasteiger partial charge is 0.134 e. The Morgan fingerprint density at radius 3 is 2.92 bits per heavy atom. The van der Waals surface area contributed by atoms with Gasteiger partial charge in [-0.05, 0) is 18.6 Å². The van der Waals surface area contributed by atoms with Gasteiger partial charge in [-0.3, -0.25) is 4.98 Å². The highest BCUT2D eigenvalue weighted by atomic mass is 16.5. The van der Waals surface area contributed by atoms with E-state index in [1.807, 2.05) is 43.3 Å². The quantitative estimate of drug-likeness (QED) is 0.811. The summed E-state index contributed by atoms with van der Waals surface area (Å²) in [6.07, 6.45) is 5.50. The molecule has 0 amide bonds. The van der Waals surface area contributed by atoms with Gasteiger partial charge in [0.05, 0.1) is 31.5 Å². The van der Waals surface area contributed by atoms with Gasteiger partial charge >= 0.3 is 0 Å². The Balaban J connectivity index is 1.33. The molecule has 1 atom stereocenters. The van der Waals surface area contributed by atoms with E-state index >= 15 is 0 Å². The van der Waals surface area contributed by atoms with Crippen LogP contribution in [0.5, 0.6) is 0 Å². The number of anilines is 2. The first-order chi connectivity index (χ1) is 12.6. The summed E-state index contributed by atoms with van der Waals surface area (Å²) in [5, 5.41) is 0. The van der Waals surface area contributed by atoms with Gasteiger partial charge in [0.25, 0.3) is 0 Å². The SMILES string of the molecule is CN(C)c1cc(N2CC3(CC(OCc4ccccn4)CCO3)C2)ncn1. The summed E-state index contributed by atoms with van der Waals surface area (Å²) >= 11 is 0. The highest BCUT2D eigenvalue weighted by molar-refractivity contribution is 5.52. The third-order valence-corrected chi connectivity index (χ3v) is 5.02. The first-order valence-corrected chi connectivity index (χ1v) is 9.03. The second kappa shape index (κ2) is 7.17. The molecule has 0 N–H and O–H groups in total. The van der Waals surface area contributed by atoms with Gasteiger partial charge in [-0.25, -0.2) is 9.97 Å². The monoisotopic (exact) mass is 355 g/mol. The molecule has 2 saturated heterocycles. The Kier molecular flexibility index (Phi) is 4.74. The zero-order chi connectivity index (χ0) is 18.0. The van der Waals surface area contributed by atoms with Crippen LogP contribution in [-0.4, -0.2) is 60.4 Å². The van der Waals surface area contributed by atoms with Crippen molar-refractivity contribution in [3.05, 3.63) is 42.5 Å². The molecule has 138 valence electrons. The van der Waals surface area contributed by atoms with E-state index in [4.69, 9.17) is 9.47 Å². The molecule has 7 nitrogen and oxygen atoms in total. The fourth-order valence-electron chi connectivity index (χ4n) is 3.60. The van der Waals surface area contributed by atoms with Crippen molar-refractivity contribution in [3.63, 3.8) is 0 Å². The Hall–Kier alpha value is -2.25. The van der Waals surface area contributed by atoms with Crippen LogP contribution in [0.1, 0.15) is 18.5 Å². The highest BCUT2D eigenvalue weighted by Crippen LogP contribution is 2.37. The standard InChI is InChI=1S/C19H25N5O2/c1-23(2)17-9-18(22-14-21-17)24-12-19(13-24)10-16(6-8-26-19)25-11-15-5-3-4-7-20-15/h3-5,7,9,14,16H,6,8,10-13H2,1-2H3. The van der Waals surface area contributed by atoms with Crippen molar-refractivity contribution in [2.24, 2.45) is 0 Å². The van der Waals surface area contributed by atoms with Crippen LogP contribution in [0.15, 0.2) is 36.8 Å². The van der Waals surface area contributed by atoms with Gasteiger partial charge in [-0.1, -0.05) is 6.07 Å². The molecule has 4 rings (SSSR count). The number of hydrogen-bond acceptors (Lipinski definition) is 7. The second-order valence-electron chi connectivity index (χ2n) is 7.26. The first-order valence-electron chi connectivity index (χ1n) is 9.03. The molecule has 7 heteroatoms. The number of aromatic nitrogens is 3. The molecule has 0 aliphatic carbocycles. The zero-order valence-electron chi connectivity index (χ0n) is 15.3. The molecule has 2 aliphatic heterocycles. The lowest BCUT2D eigenvalue weighted by atomic mass is 9.84. The van der Waals surface area contributed by atoms with Crippen LogP contribution in [0.4, 0.5) is 11.6 Å². The topological polar surface area (TPSA) is 63.6 Å². The van der Waals surface area contributed by atoms with Crippen LogP contribution in [0.2, 0.25) is 0 Å². The molecule has 0 bridgehead atoms. The lowest BCUT2D eigenvalue weighted by molar-refractivity contribution is -0.148. The highest BCUT2D eigenvalue weighted by Gasteiger charge is 2.48. The second-order valence-corrected chi connectivity index (χ2v) is 7.26. The van der Waals surface area contributed by atoms with E-state index in [2.05, 4.69) is 19.9 Å². The fourth-order valence-corrected chi connectivity index (χ4v) is 3.60. The van der Waals surface area contributed by atoms with Gasteiger partial charge < -0.3 is 19.3 Å². The lowest BCUT2D eigenvalue weighted by Gasteiger charge is -2.53. The van der Waals surface area contributed by atoms with Crippen LogP contribution in [-0.2, 0) is 16.1 Å². The summed E-state index contributed by atoms with van der Waals surface area (Å²) in [4.78, 5) is 17.2. The summed E-state index contributed by atoms with van der Waals surface area (Å²) in [7, 11) is 3.97. The third-order valence-electron chi connectivity index (χ3n) is 5.02. The average Bonchev–Trinajstić information content (AvgIpc) is 2.65. The predicted molar refractivity (Wildman–Crippen MR) is 99.3 cm³/mol. The number of ether oxygens (including phenoxy) is 2. The van der Waals surface area contributed by atoms with Crippen LogP contribution in [0.3, 0.4) is 0 Å². The summed E-state index contributed by atoms with van der Waals surface area (Å²) in [6, 6.07) is 7.93. The minimum Gasteiger partial charge on any atom is -0.372 e. The van der Waals surface area contributed by atoms with Crippen molar-refractivity contribution in [2.45, 2.75) is 31.2 Å². The molecule has 2 fully saturated rings. The lowest BCUT2D eigenvalue weighted by Crippen LogP contribution is -2.66. The Morgan fingerprint density at radius 2 is 2.15 bits per heavy atom. The summed E-state index contributed by atoms with van der Waals surface area (Å²) in [5.41, 5.74) is 0.858. The molecule has 1 unspecified atom stereocenters. The van der Waals surface area contributed by atoms with Gasteiger partial charge in [-0.15, -0.1) is 0 Å². The maximum absolute atomic E-state index is 6.12. The Labute approximate surface area is 154 Å². The normalized spacial score (nSPS) is 21.5. The minimum atomic E-state index is -0.115. The van der Waals surface area contributed by atoms with Crippen molar-refractivity contribution < 1.29 is 9.47 Å². The predicted octanol–water partition coefficient (Wildman–Crippen LogP) is 1.89. The number of hydrogen-bond donors (Lipinski definition) is 0. The molecular formula is C19H25N5O2. The van der Waals surface area contributed by atoms with Crippen LogP contribution >= 0.6 is 0 Å². The van der Waals surface area contributed by atoms with E-state index in [1.54, 1.807) is 12.5 Å². The van der Waals surface area contributed by atoms with Gasteiger partial charge in [0.15, 0.2) is 0 Å². The molecule has 1 spiro atoms.